The number of hydrogen-bond acceptors (Lipinski definition) is 6. The highest BCUT2D eigenvalue weighted by Crippen LogP contribution is 2.43. The molecule has 2 aliphatic heterocycles. The molecule has 0 radical (unpaired) electrons. The van der Waals surface area contributed by atoms with Crippen molar-refractivity contribution in [2.75, 3.05) is 6.61 Å². The minimum Gasteiger partial charge on any atom is -0.359 e. The third-order valence-electron chi connectivity index (χ3n) is 7.76. The van der Waals surface area contributed by atoms with Gasteiger partial charge in [0.15, 0.2) is 12.1 Å². The molecule has 2 unspecified atom stereocenters. The normalized spacial score (nSPS) is 24.2. The predicted octanol–water partition coefficient (Wildman–Crippen LogP) is 5.78. The first-order chi connectivity index (χ1) is 20.0. The zero-order valence-corrected chi connectivity index (χ0v) is 23.5. The zero-order valence-electron chi connectivity index (χ0n) is 23.5. The number of nitrogens with two attached hydrogens (primary N) is 1. The highest BCUT2D eigenvalue weighted by molar-refractivity contribution is 5.47. The lowest BCUT2D eigenvalue weighted by atomic mass is 9.80. The Balaban J connectivity index is 1.28. The minimum atomic E-state index is -0.880. The summed E-state index contributed by atoms with van der Waals surface area (Å²) in [4.78, 5) is 0. The second-order valence-electron chi connectivity index (χ2n) is 11.1. The molecule has 0 spiro atoms. The molecule has 6 rings (SSSR count). The van der Waals surface area contributed by atoms with Crippen LogP contribution in [0.4, 0.5) is 0 Å². The van der Waals surface area contributed by atoms with E-state index in [2.05, 4.69) is 36.4 Å². The molecule has 0 saturated carbocycles. The Morgan fingerprint density at radius 1 is 0.707 bits per heavy atom. The molecular weight excluding hydrogens is 514 g/mol. The fraction of sp³-hybridized carbons (Fsp3) is 0.314. The predicted molar refractivity (Wildman–Crippen MR) is 157 cm³/mol. The Labute approximate surface area is 242 Å². The molecule has 4 aromatic rings. The van der Waals surface area contributed by atoms with Crippen LogP contribution < -0.4 is 5.73 Å². The lowest BCUT2D eigenvalue weighted by Gasteiger charge is -2.37. The largest absolute Gasteiger partial charge is 0.359 e. The second kappa shape index (κ2) is 11.9. The molecule has 0 bridgehead atoms. The summed E-state index contributed by atoms with van der Waals surface area (Å²) in [6.45, 7) is 4.42. The minimum absolute atomic E-state index is 0.210. The van der Waals surface area contributed by atoms with Crippen molar-refractivity contribution in [2.45, 2.75) is 62.5 Å². The Morgan fingerprint density at radius 3 is 1.68 bits per heavy atom. The van der Waals surface area contributed by atoms with Crippen LogP contribution in [0.2, 0.25) is 0 Å². The number of ether oxygens (including phenoxy) is 5. The van der Waals surface area contributed by atoms with E-state index in [4.69, 9.17) is 29.4 Å². The van der Waals surface area contributed by atoms with Gasteiger partial charge in [-0.3, -0.25) is 0 Å². The molecule has 2 heterocycles. The third kappa shape index (κ3) is 5.72. The van der Waals surface area contributed by atoms with Crippen molar-refractivity contribution in [3.63, 3.8) is 0 Å². The Kier molecular flexibility index (Phi) is 8.04. The van der Waals surface area contributed by atoms with Crippen LogP contribution in [0.5, 0.6) is 0 Å². The second-order valence-corrected chi connectivity index (χ2v) is 11.1. The van der Waals surface area contributed by atoms with E-state index < -0.39 is 35.9 Å². The molecule has 2 aliphatic rings. The number of fused-ring (bicyclic) bond motifs is 1. The Bertz CT molecular complexity index is 1290. The van der Waals surface area contributed by atoms with Crippen molar-refractivity contribution in [3.8, 4) is 0 Å². The summed E-state index contributed by atoms with van der Waals surface area (Å²) in [5.41, 5.74) is 10.1. The van der Waals surface area contributed by atoms with Crippen LogP contribution in [0.3, 0.4) is 0 Å². The van der Waals surface area contributed by atoms with Crippen LogP contribution in [0.1, 0.15) is 36.1 Å². The molecule has 0 aliphatic carbocycles. The lowest BCUT2D eigenvalue weighted by Crippen LogP contribution is -2.48. The summed E-state index contributed by atoms with van der Waals surface area (Å²) in [7, 11) is 0. The van der Waals surface area contributed by atoms with Gasteiger partial charge in [0.2, 0.25) is 0 Å². The van der Waals surface area contributed by atoms with Crippen LogP contribution in [-0.2, 0) is 35.9 Å². The molecule has 6 heteroatoms. The average Bonchev–Trinajstić information content (AvgIpc) is 3.51. The van der Waals surface area contributed by atoms with Gasteiger partial charge in [-0.1, -0.05) is 121 Å². The van der Waals surface area contributed by atoms with Gasteiger partial charge in [0.05, 0.1) is 19.3 Å². The van der Waals surface area contributed by atoms with Crippen LogP contribution in [0.15, 0.2) is 121 Å². The van der Waals surface area contributed by atoms with Gasteiger partial charge >= 0.3 is 0 Å². The van der Waals surface area contributed by atoms with Gasteiger partial charge in [-0.05, 0) is 36.1 Å². The highest BCUT2D eigenvalue weighted by atomic mass is 16.8. The zero-order chi connectivity index (χ0) is 28.3. The molecule has 41 heavy (non-hydrogen) atoms. The van der Waals surface area contributed by atoms with E-state index in [-0.39, 0.29) is 12.7 Å². The molecule has 2 fully saturated rings. The van der Waals surface area contributed by atoms with Crippen molar-refractivity contribution in [1.29, 1.82) is 0 Å². The van der Waals surface area contributed by atoms with Crippen molar-refractivity contribution in [2.24, 2.45) is 5.73 Å². The van der Waals surface area contributed by atoms with Gasteiger partial charge in [-0.15, -0.1) is 0 Å². The van der Waals surface area contributed by atoms with Crippen LogP contribution >= 0.6 is 0 Å². The first-order valence-corrected chi connectivity index (χ1v) is 14.2. The van der Waals surface area contributed by atoms with Crippen molar-refractivity contribution >= 4 is 0 Å². The summed E-state index contributed by atoms with van der Waals surface area (Å²) < 4.78 is 32.2. The monoisotopic (exact) mass is 551 g/mol. The summed E-state index contributed by atoms with van der Waals surface area (Å²) in [5.74, 6) is -0.770. The fourth-order valence-corrected chi connectivity index (χ4v) is 5.91. The van der Waals surface area contributed by atoms with Gasteiger partial charge < -0.3 is 29.4 Å². The molecule has 0 aromatic heterocycles. The van der Waals surface area contributed by atoms with Gasteiger partial charge in [0.25, 0.3) is 0 Å². The number of benzene rings is 4. The smallest absolute Gasteiger partial charge is 0.187 e. The molecule has 0 amide bonds. The third-order valence-corrected chi connectivity index (χ3v) is 7.76. The maximum Gasteiger partial charge on any atom is 0.187 e. The molecule has 4 aromatic carbocycles. The first kappa shape index (κ1) is 27.8. The van der Waals surface area contributed by atoms with E-state index in [0.29, 0.717) is 6.61 Å². The Morgan fingerprint density at radius 2 is 1.17 bits per heavy atom. The van der Waals surface area contributed by atoms with Gasteiger partial charge in [-0.2, -0.15) is 0 Å². The summed E-state index contributed by atoms with van der Waals surface area (Å²) in [6.07, 6.45) is -1.88. The van der Waals surface area contributed by atoms with Crippen LogP contribution in [0.25, 0.3) is 0 Å². The molecule has 5 atom stereocenters. The average molecular weight is 552 g/mol. The van der Waals surface area contributed by atoms with E-state index in [1.165, 1.54) is 0 Å². The standard InChI is InChI=1S/C35H37NO5/c1-34(2)40-31-30(39-33(32(31)41-34)37-23-25-15-7-3-8-16-25)29(36)24-38-35(26-17-9-4-10-18-26,27-19-11-5-12-20-27)28-21-13-6-14-22-28/h3-22,29-33H,23-24,36H2,1-2H3/t29?,30-,31?,32-,33+/m1/s1. The van der Waals surface area contributed by atoms with Crippen molar-refractivity contribution in [3.05, 3.63) is 144 Å². The molecule has 2 N–H and O–H groups in total. The SMILES string of the molecule is CC1(C)OC2[C@@H](C(N)COC(c3ccccc3)(c3ccccc3)c3ccccc3)O[C@H](OCc3ccccc3)[C@@H]2O1. The maximum atomic E-state index is 6.98. The summed E-state index contributed by atoms with van der Waals surface area (Å²) >= 11 is 0. The molecule has 2 saturated heterocycles. The van der Waals surface area contributed by atoms with E-state index >= 15 is 0 Å². The molecule has 6 nitrogen and oxygen atoms in total. The van der Waals surface area contributed by atoms with Gasteiger partial charge in [0.1, 0.15) is 23.9 Å². The Hall–Kier alpha value is -3.36. The van der Waals surface area contributed by atoms with Gasteiger partial charge in [-0.25, -0.2) is 0 Å². The van der Waals surface area contributed by atoms with Crippen molar-refractivity contribution < 1.29 is 23.7 Å². The first-order valence-electron chi connectivity index (χ1n) is 14.2. The lowest BCUT2D eigenvalue weighted by molar-refractivity contribution is -0.239. The van der Waals surface area contributed by atoms with E-state index in [1.807, 2.05) is 98.8 Å². The topological polar surface area (TPSA) is 72.2 Å². The van der Waals surface area contributed by atoms with Crippen LogP contribution in [0, 0.1) is 0 Å². The molecule has 212 valence electrons. The van der Waals surface area contributed by atoms with Crippen molar-refractivity contribution in [1.82, 2.24) is 0 Å². The van der Waals surface area contributed by atoms with Crippen LogP contribution in [-0.4, -0.2) is 43.0 Å². The van der Waals surface area contributed by atoms with E-state index in [1.54, 1.807) is 0 Å². The molecular formula is C35H37NO5. The summed E-state index contributed by atoms with van der Waals surface area (Å²) in [6, 6.07) is 40.3. The maximum absolute atomic E-state index is 6.98. The quantitative estimate of drug-likeness (QED) is 0.252. The summed E-state index contributed by atoms with van der Waals surface area (Å²) in [5, 5.41) is 0. The van der Waals surface area contributed by atoms with Gasteiger partial charge in [0, 0.05) is 0 Å². The van der Waals surface area contributed by atoms with E-state index in [9.17, 15) is 0 Å². The fourth-order valence-electron chi connectivity index (χ4n) is 5.91. The highest BCUT2D eigenvalue weighted by Gasteiger charge is 2.57. The number of rotatable bonds is 10. The number of hydrogen-bond donors (Lipinski definition) is 1. The van der Waals surface area contributed by atoms with E-state index in [0.717, 1.165) is 22.3 Å².